The van der Waals surface area contributed by atoms with Crippen molar-refractivity contribution < 1.29 is 36.2 Å². The average Bonchev–Trinajstić information content (AvgIpc) is 2.95. The molecule has 0 radical (unpaired) electrons. The highest BCUT2D eigenvalue weighted by Crippen LogP contribution is 2.37. The van der Waals surface area contributed by atoms with E-state index in [0.29, 0.717) is 30.8 Å². The second-order valence-corrected chi connectivity index (χ2v) is 11.0. The molecule has 4 aromatic rings. The van der Waals surface area contributed by atoms with Gasteiger partial charge < -0.3 is 10.0 Å². The number of hydrogen-bond acceptors (Lipinski definition) is 3. The van der Waals surface area contributed by atoms with E-state index in [1.54, 1.807) is 26.0 Å². The molecule has 3 aromatic carbocycles. The summed E-state index contributed by atoms with van der Waals surface area (Å²) in [7, 11) is 0. The lowest BCUT2D eigenvalue weighted by Crippen LogP contribution is -2.26. The Bertz CT molecular complexity index is 1530. The monoisotopic (exact) mass is 600 g/mol. The zero-order valence-corrected chi connectivity index (χ0v) is 23.5. The lowest BCUT2D eigenvalue weighted by Gasteiger charge is -2.25. The number of carboxylic acids is 1. The molecule has 0 aliphatic carbocycles. The number of aliphatic carboxylic acids is 1. The van der Waals surface area contributed by atoms with Gasteiger partial charge in [0.25, 0.3) is 0 Å². The Morgan fingerprint density at radius 2 is 1.37 bits per heavy atom. The van der Waals surface area contributed by atoms with Gasteiger partial charge in [0.05, 0.1) is 16.5 Å². The second-order valence-electron chi connectivity index (χ2n) is 11.0. The predicted molar refractivity (Wildman–Crippen MR) is 152 cm³/mol. The van der Waals surface area contributed by atoms with Gasteiger partial charge in [0, 0.05) is 24.8 Å². The summed E-state index contributed by atoms with van der Waals surface area (Å²) in [6, 6.07) is 20.7. The van der Waals surface area contributed by atoms with Crippen LogP contribution in [0, 0.1) is 5.41 Å². The van der Waals surface area contributed by atoms with E-state index in [4.69, 9.17) is 0 Å². The van der Waals surface area contributed by atoms with Crippen molar-refractivity contribution in [1.29, 1.82) is 0 Å². The third-order valence-electron chi connectivity index (χ3n) is 7.19. The van der Waals surface area contributed by atoms with Gasteiger partial charge in [-0.2, -0.15) is 26.3 Å². The summed E-state index contributed by atoms with van der Waals surface area (Å²) in [5.74, 6) is -0.441. The minimum atomic E-state index is -4.54. The number of benzene rings is 3. The lowest BCUT2D eigenvalue weighted by molar-refractivity contribution is -0.146. The Hall–Kier alpha value is -4.34. The van der Waals surface area contributed by atoms with Gasteiger partial charge >= 0.3 is 18.3 Å². The number of carbonyl (C=O) groups is 1. The summed E-state index contributed by atoms with van der Waals surface area (Å²) in [5, 5.41) is 9.40. The van der Waals surface area contributed by atoms with Crippen LogP contribution in [0.25, 0.3) is 11.1 Å². The molecule has 43 heavy (non-hydrogen) atoms. The first-order valence-electron chi connectivity index (χ1n) is 13.5. The molecule has 1 N–H and O–H groups in total. The van der Waals surface area contributed by atoms with Crippen molar-refractivity contribution >= 4 is 11.8 Å². The highest BCUT2D eigenvalue weighted by atomic mass is 19.4. The number of aromatic nitrogens is 1. The molecule has 4 rings (SSSR count). The van der Waals surface area contributed by atoms with Gasteiger partial charge in [-0.1, -0.05) is 54.6 Å². The van der Waals surface area contributed by atoms with Gasteiger partial charge in [0.15, 0.2) is 0 Å². The maximum atomic E-state index is 13.6. The van der Waals surface area contributed by atoms with Crippen LogP contribution in [0.4, 0.5) is 32.2 Å². The first kappa shape index (κ1) is 31.6. The topological polar surface area (TPSA) is 53.4 Å². The highest BCUT2D eigenvalue weighted by molar-refractivity contribution is 5.74. The minimum absolute atomic E-state index is 0.00509. The molecule has 0 atom stereocenters. The summed E-state index contributed by atoms with van der Waals surface area (Å²) in [6.45, 7) is 3.94. The van der Waals surface area contributed by atoms with Crippen molar-refractivity contribution in [3.8, 4) is 11.1 Å². The van der Waals surface area contributed by atoms with E-state index in [0.717, 1.165) is 29.3 Å². The number of hydrogen-bond donors (Lipinski definition) is 1. The SMILES string of the molecule is CC(C)(Cc1ccc(CCN(Cc2ccc(C(F)(F)F)cc2)c2ccc(-c3ccccc3C(F)(F)F)cn2)cc1)C(=O)O. The van der Waals surface area contributed by atoms with Crippen LogP contribution in [0.5, 0.6) is 0 Å². The Labute approximate surface area is 245 Å². The van der Waals surface area contributed by atoms with Crippen molar-refractivity contribution in [3.63, 3.8) is 0 Å². The third kappa shape index (κ3) is 8.15. The number of carboxylic acid groups (broad SMARTS) is 1. The largest absolute Gasteiger partial charge is 0.481 e. The van der Waals surface area contributed by atoms with Gasteiger partial charge in [-0.15, -0.1) is 0 Å². The Morgan fingerprint density at radius 3 is 1.93 bits per heavy atom. The van der Waals surface area contributed by atoms with E-state index >= 15 is 0 Å². The van der Waals surface area contributed by atoms with E-state index in [1.165, 1.54) is 36.5 Å². The van der Waals surface area contributed by atoms with Crippen molar-refractivity contribution in [2.75, 3.05) is 11.4 Å². The summed E-state index contributed by atoms with van der Waals surface area (Å²) in [5.41, 5.74) is 0.242. The summed E-state index contributed by atoms with van der Waals surface area (Å²) in [4.78, 5) is 17.8. The molecule has 0 saturated carbocycles. The fraction of sp³-hybridized carbons (Fsp3) is 0.273. The summed E-state index contributed by atoms with van der Waals surface area (Å²) in [6.07, 6.45) is -6.75. The normalized spacial score (nSPS) is 12.3. The molecule has 0 aliphatic heterocycles. The number of rotatable bonds is 10. The van der Waals surface area contributed by atoms with Gasteiger partial charge in [0.2, 0.25) is 0 Å². The quantitative estimate of drug-likeness (QED) is 0.185. The molecule has 4 nitrogen and oxygen atoms in total. The van der Waals surface area contributed by atoms with Crippen LogP contribution >= 0.6 is 0 Å². The number of anilines is 1. The maximum Gasteiger partial charge on any atom is 0.417 e. The molecule has 0 amide bonds. The minimum Gasteiger partial charge on any atom is -0.481 e. The van der Waals surface area contributed by atoms with E-state index in [9.17, 15) is 36.2 Å². The smallest absolute Gasteiger partial charge is 0.417 e. The van der Waals surface area contributed by atoms with Crippen LogP contribution < -0.4 is 4.90 Å². The highest BCUT2D eigenvalue weighted by Gasteiger charge is 2.33. The van der Waals surface area contributed by atoms with E-state index in [-0.39, 0.29) is 17.7 Å². The van der Waals surface area contributed by atoms with E-state index < -0.39 is 34.9 Å². The Morgan fingerprint density at radius 1 is 0.767 bits per heavy atom. The van der Waals surface area contributed by atoms with Crippen LogP contribution in [0.15, 0.2) is 91.1 Å². The maximum absolute atomic E-state index is 13.6. The molecule has 0 spiro atoms. The summed E-state index contributed by atoms with van der Waals surface area (Å²) < 4.78 is 79.9. The molecule has 0 unspecified atom stereocenters. The molecular weight excluding hydrogens is 570 g/mol. The molecule has 226 valence electrons. The molecular formula is C33H30F6N2O2. The first-order chi connectivity index (χ1) is 20.1. The third-order valence-corrected chi connectivity index (χ3v) is 7.19. The van der Waals surface area contributed by atoms with Crippen LogP contribution in [0.3, 0.4) is 0 Å². The van der Waals surface area contributed by atoms with Gasteiger partial charge in [-0.05, 0) is 79.3 Å². The fourth-order valence-corrected chi connectivity index (χ4v) is 4.68. The van der Waals surface area contributed by atoms with Crippen molar-refractivity contribution in [2.45, 2.75) is 45.6 Å². The van der Waals surface area contributed by atoms with Crippen LogP contribution in [0.2, 0.25) is 0 Å². The zero-order chi connectivity index (χ0) is 31.4. The van der Waals surface area contributed by atoms with Gasteiger partial charge in [-0.25, -0.2) is 4.98 Å². The lowest BCUT2D eigenvalue weighted by atomic mass is 9.86. The summed E-state index contributed by atoms with van der Waals surface area (Å²) >= 11 is 0. The van der Waals surface area contributed by atoms with Crippen molar-refractivity contribution in [3.05, 3.63) is 119 Å². The van der Waals surface area contributed by atoms with E-state index in [2.05, 4.69) is 4.98 Å². The molecule has 1 aromatic heterocycles. The first-order valence-corrected chi connectivity index (χ1v) is 13.5. The molecule has 10 heteroatoms. The van der Waals surface area contributed by atoms with Gasteiger partial charge in [0.1, 0.15) is 5.82 Å². The Kier molecular flexibility index (Phi) is 9.18. The van der Waals surface area contributed by atoms with Crippen LogP contribution in [-0.2, 0) is 36.5 Å². The zero-order valence-electron chi connectivity index (χ0n) is 23.5. The standard InChI is InChI=1S/C33H30F6N2O2/c1-31(2,30(42)43)19-23-9-7-22(8-10-23)17-18-41(21-24-11-14-26(15-12-24)32(34,35)36)29-16-13-25(20-40-29)27-5-3-4-6-28(27)33(37,38)39/h3-16,20H,17-19,21H2,1-2H3,(H,42,43). The predicted octanol–water partition coefficient (Wildman–Crippen LogP) is 8.69. The molecule has 0 aliphatic rings. The second kappa shape index (κ2) is 12.5. The number of halogens is 6. The van der Waals surface area contributed by atoms with Gasteiger partial charge in [-0.3, -0.25) is 4.79 Å². The van der Waals surface area contributed by atoms with Crippen LogP contribution in [-0.4, -0.2) is 22.6 Å². The number of alkyl halides is 6. The Balaban J connectivity index is 1.57. The molecule has 0 bridgehead atoms. The average molecular weight is 601 g/mol. The van der Waals surface area contributed by atoms with E-state index in [1.807, 2.05) is 29.2 Å². The van der Waals surface area contributed by atoms with Crippen LogP contribution in [0.1, 0.15) is 41.7 Å². The van der Waals surface area contributed by atoms with Crippen molar-refractivity contribution in [1.82, 2.24) is 4.98 Å². The fourth-order valence-electron chi connectivity index (χ4n) is 4.68. The molecule has 0 saturated heterocycles. The number of nitrogens with zero attached hydrogens (tertiary/aromatic N) is 2. The molecule has 0 fully saturated rings. The number of pyridine rings is 1. The van der Waals surface area contributed by atoms with Crippen molar-refractivity contribution in [2.24, 2.45) is 5.41 Å². The molecule has 1 heterocycles.